The summed E-state index contributed by atoms with van der Waals surface area (Å²) in [6.07, 6.45) is 0.901. The molecule has 0 aliphatic heterocycles. The Bertz CT molecular complexity index is 398. The molecule has 0 bridgehead atoms. The minimum atomic E-state index is -0.337. The van der Waals surface area contributed by atoms with E-state index in [4.69, 9.17) is 23.7 Å². The van der Waals surface area contributed by atoms with Crippen LogP contribution in [0.5, 0.6) is 0 Å². The minimum absolute atomic E-state index is 0.0651. The van der Waals surface area contributed by atoms with E-state index in [9.17, 15) is 4.79 Å². The predicted octanol–water partition coefficient (Wildman–Crippen LogP) is 2.91. The zero-order valence-corrected chi connectivity index (χ0v) is 18.6. The van der Waals surface area contributed by atoms with Crippen molar-refractivity contribution >= 4 is 5.97 Å². The molecule has 0 aliphatic rings. The summed E-state index contributed by atoms with van der Waals surface area (Å²) in [4.78, 5) is 10.7. The van der Waals surface area contributed by atoms with Crippen molar-refractivity contribution in [1.29, 1.82) is 0 Å². The molecule has 0 heterocycles. The Labute approximate surface area is 165 Å². The van der Waals surface area contributed by atoms with Gasteiger partial charge < -0.3 is 23.7 Å². The van der Waals surface area contributed by atoms with Crippen LogP contribution in [-0.4, -0.2) is 69.1 Å². The lowest BCUT2D eigenvalue weighted by molar-refractivity contribution is -0.145. The first-order valence-corrected chi connectivity index (χ1v) is 9.81. The molecule has 7 nitrogen and oxygen atoms in total. The first-order valence-electron chi connectivity index (χ1n) is 9.81. The Morgan fingerprint density at radius 3 is 2.04 bits per heavy atom. The molecule has 0 saturated carbocycles. The lowest BCUT2D eigenvalue weighted by atomic mass is 10.1. The van der Waals surface area contributed by atoms with Crippen molar-refractivity contribution < 1.29 is 28.5 Å². The van der Waals surface area contributed by atoms with E-state index in [0.29, 0.717) is 33.0 Å². The summed E-state index contributed by atoms with van der Waals surface area (Å²) in [5.41, 5.74) is -0.656. The molecule has 1 unspecified atom stereocenters. The highest BCUT2D eigenvalue weighted by Gasteiger charge is 2.23. The maximum Gasteiger partial charge on any atom is 0.302 e. The Morgan fingerprint density at radius 2 is 1.44 bits per heavy atom. The van der Waals surface area contributed by atoms with Gasteiger partial charge in [0.1, 0.15) is 12.8 Å². The molecule has 162 valence electrons. The standard InChI is InChI=1S/C20H41NO6/c1-16(2)23-11-12-24-17(3)21-15-20(7,8)26-10-9-19(5,6)27-14-13-25-18(4)22/h16-17,21H,9-15H2,1-8H3. The molecule has 1 atom stereocenters. The van der Waals surface area contributed by atoms with Crippen LogP contribution in [0.4, 0.5) is 0 Å². The molecular weight excluding hydrogens is 350 g/mol. The Balaban J connectivity index is 3.92. The van der Waals surface area contributed by atoms with Crippen LogP contribution in [0.1, 0.15) is 61.8 Å². The van der Waals surface area contributed by atoms with Crippen LogP contribution in [0.15, 0.2) is 0 Å². The van der Waals surface area contributed by atoms with Gasteiger partial charge in [0.2, 0.25) is 0 Å². The van der Waals surface area contributed by atoms with E-state index in [1.54, 1.807) is 0 Å². The highest BCUT2D eigenvalue weighted by Crippen LogP contribution is 2.17. The van der Waals surface area contributed by atoms with E-state index in [0.717, 1.165) is 6.42 Å². The predicted molar refractivity (Wildman–Crippen MR) is 106 cm³/mol. The maximum absolute atomic E-state index is 10.7. The largest absolute Gasteiger partial charge is 0.463 e. The van der Waals surface area contributed by atoms with Gasteiger partial charge in [-0.15, -0.1) is 0 Å². The monoisotopic (exact) mass is 391 g/mol. The van der Waals surface area contributed by atoms with Gasteiger partial charge in [-0.1, -0.05) is 0 Å². The number of hydrogen-bond donors (Lipinski definition) is 1. The van der Waals surface area contributed by atoms with Gasteiger partial charge in [0, 0.05) is 13.5 Å². The second kappa shape index (κ2) is 13.4. The molecule has 1 N–H and O–H groups in total. The molecule has 7 heteroatoms. The van der Waals surface area contributed by atoms with Crippen molar-refractivity contribution in [1.82, 2.24) is 5.32 Å². The number of carbonyl (C=O) groups is 1. The second-order valence-corrected chi connectivity index (χ2v) is 8.12. The molecule has 0 rings (SSSR count). The number of carbonyl (C=O) groups excluding carboxylic acids is 1. The molecule has 0 aromatic carbocycles. The van der Waals surface area contributed by atoms with E-state index in [-0.39, 0.29) is 36.1 Å². The summed E-state index contributed by atoms with van der Waals surface area (Å²) in [6.45, 7) is 18.5. The van der Waals surface area contributed by atoms with Gasteiger partial charge in [0.15, 0.2) is 0 Å². The van der Waals surface area contributed by atoms with Crippen LogP contribution in [0.25, 0.3) is 0 Å². The third-order valence-corrected chi connectivity index (χ3v) is 3.80. The molecule has 0 fully saturated rings. The van der Waals surface area contributed by atoms with Gasteiger partial charge in [-0.3, -0.25) is 10.1 Å². The molecule has 0 radical (unpaired) electrons. The fourth-order valence-electron chi connectivity index (χ4n) is 2.16. The molecule has 0 spiro atoms. The van der Waals surface area contributed by atoms with Crippen LogP contribution in [-0.2, 0) is 28.5 Å². The van der Waals surface area contributed by atoms with Gasteiger partial charge in [-0.05, 0) is 54.9 Å². The summed E-state index contributed by atoms with van der Waals surface area (Å²) in [5, 5.41) is 3.33. The number of rotatable bonds is 16. The molecule has 0 saturated heterocycles. The van der Waals surface area contributed by atoms with Gasteiger partial charge in [0.05, 0.1) is 43.7 Å². The zero-order valence-electron chi connectivity index (χ0n) is 18.6. The van der Waals surface area contributed by atoms with Gasteiger partial charge in [-0.2, -0.15) is 0 Å². The molecule has 27 heavy (non-hydrogen) atoms. The number of esters is 1. The quantitative estimate of drug-likeness (QED) is 0.246. The van der Waals surface area contributed by atoms with E-state index in [1.807, 2.05) is 48.5 Å². The zero-order chi connectivity index (χ0) is 20.9. The van der Waals surface area contributed by atoms with Gasteiger partial charge in [-0.25, -0.2) is 0 Å². The van der Waals surface area contributed by atoms with Gasteiger partial charge >= 0.3 is 5.97 Å². The van der Waals surface area contributed by atoms with Crippen molar-refractivity contribution in [2.24, 2.45) is 0 Å². The van der Waals surface area contributed by atoms with Crippen molar-refractivity contribution in [2.75, 3.05) is 39.6 Å². The summed E-state index contributed by atoms with van der Waals surface area (Å²) in [7, 11) is 0. The summed E-state index contributed by atoms with van der Waals surface area (Å²) in [6, 6.07) is 0. The average molecular weight is 392 g/mol. The molecular formula is C20H41NO6. The van der Waals surface area contributed by atoms with Crippen LogP contribution in [0, 0.1) is 0 Å². The first-order chi connectivity index (χ1) is 12.4. The average Bonchev–Trinajstić information content (AvgIpc) is 2.53. The molecule has 0 aromatic rings. The molecule has 0 aliphatic carbocycles. The van der Waals surface area contributed by atoms with E-state index < -0.39 is 0 Å². The topological polar surface area (TPSA) is 75.3 Å². The van der Waals surface area contributed by atoms with Crippen molar-refractivity contribution in [3.8, 4) is 0 Å². The second-order valence-electron chi connectivity index (χ2n) is 8.12. The third-order valence-electron chi connectivity index (χ3n) is 3.80. The van der Waals surface area contributed by atoms with Gasteiger partial charge in [0.25, 0.3) is 0 Å². The first kappa shape index (κ1) is 26.3. The molecule has 0 aromatic heterocycles. The number of ether oxygens (including phenoxy) is 5. The lowest BCUT2D eigenvalue weighted by Crippen LogP contribution is -2.43. The van der Waals surface area contributed by atoms with E-state index >= 15 is 0 Å². The number of hydrogen-bond acceptors (Lipinski definition) is 7. The highest BCUT2D eigenvalue weighted by molar-refractivity contribution is 5.65. The minimum Gasteiger partial charge on any atom is -0.463 e. The van der Waals surface area contributed by atoms with Crippen molar-refractivity contribution in [3.05, 3.63) is 0 Å². The molecule has 0 amide bonds. The van der Waals surface area contributed by atoms with Crippen LogP contribution >= 0.6 is 0 Å². The Morgan fingerprint density at radius 1 is 0.852 bits per heavy atom. The number of nitrogens with one attached hydrogen (secondary N) is 1. The highest BCUT2D eigenvalue weighted by atomic mass is 16.6. The van der Waals surface area contributed by atoms with E-state index in [2.05, 4.69) is 5.32 Å². The van der Waals surface area contributed by atoms with Crippen LogP contribution in [0.3, 0.4) is 0 Å². The normalized spacial score (nSPS) is 13.8. The van der Waals surface area contributed by atoms with Crippen molar-refractivity contribution in [3.63, 3.8) is 0 Å². The third kappa shape index (κ3) is 17.1. The van der Waals surface area contributed by atoms with Crippen LogP contribution in [0.2, 0.25) is 0 Å². The fourth-order valence-corrected chi connectivity index (χ4v) is 2.16. The van der Waals surface area contributed by atoms with Crippen molar-refractivity contribution in [2.45, 2.75) is 85.3 Å². The summed E-state index contributed by atoms with van der Waals surface area (Å²) >= 11 is 0. The van der Waals surface area contributed by atoms with Crippen LogP contribution < -0.4 is 5.32 Å². The summed E-state index contributed by atoms with van der Waals surface area (Å²) < 4.78 is 27.8. The van der Waals surface area contributed by atoms with E-state index in [1.165, 1.54) is 6.92 Å². The smallest absolute Gasteiger partial charge is 0.302 e. The summed E-state index contributed by atoms with van der Waals surface area (Å²) in [5.74, 6) is -0.292. The SMILES string of the molecule is CC(=O)OCCOC(C)(C)CCOC(C)(C)CNC(C)OCCOC(C)C. The fraction of sp³-hybridized carbons (Fsp3) is 0.950. The Kier molecular flexibility index (Phi) is 13.1. The maximum atomic E-state index is 10.7. The lowest BCUT2D eigenvalue weighted by Gasteiger charge is -2.31. The Hall–Kier alpha value is -0.730.